The van der Waals surface area contributed by atoms with Crippen molar-refractivity contribution >= 4 is 34.8 Å². The number of imidazole rings is 1. The molecule has 4 nitrogen and oxygen atoms in total. The average Bonchev–Trinajstić information content (AvgIpc) is 2.83. The third-order valence-corrected chi connectivity index (χ3v) is 3.46. The van der Waals surface area contributed by atoms with E-state index in [9.17, 15) is 0 Å². The molecule has 0 saturated carbocycles. The van der Waals surface area contributed by atoms with E-state index in [-0.39, 0.29) is 0 Å². The highest BCUT2D eigenvalue weighted by Gasteiger charge is 2.10. The van der Waals surface area contributed by atoms with E-state index in [0.717, 1.165) is 11.4 Å². The van der Waals surface area contributed by atoms with Crippen LogP contribution in [0.5, 0.6) is 0 Å². The summed E-state index contributed by atoms with van der Waals surface area (Å²) in [5.74, 6) is 1.36. The van der Waals surface area contributed by atoms with Crippen LogP contribution in [-0.4, -0.2) is 19.5 Å². The maximum Gasteiger partial charge on any atom is 0.148 e. The zero-order valence-corrected chi connectivity index (χ0v) is 12.9. The normalized spacial score (nSPS) is 10.8. The minimum Gasteiger partial charge on any atom is -0.322 e. The van der Waals surface area contributed by atoms with Crippen LogP contribution in [0.3, 0.4) is 0 Å². The summed E-state index contributed by atoms with van der Waals surface area (Å²) in [4.78, 5) is 12.7. The molecule has 0 amide bonds. The van der Waals surface area contributed by atoms with Gasteiger partial charge in [-0.3, -0.25) is 0 Å². The third kappa shape index (κ3) is 3.35. The molecule has 0 unspecified atom stereocenters. The molecular weight excluding hydrogens is 331 g/mol. The van der Waals surface area contributed by atoms with E-state index in [1.807, 2.05) is 28.8 Å². The molecule has 0 bridgehead atoms. The minimum atomic E-state index is 0.411. The predicted octanol–water partition coefficient (Wildman–Crippen LogP) is 4.35. The first-order valence-corrected chi connectivity index (χ1v) is 7.20. The van der Waals surface area contributed by atoms with Crippen molar-refractivity contribution in [1.29, 1.82) is 0 Å². The number of halogens is 3. The summed E-state index contributed by atoms with van der Waals surface area (Å²) < 4.78 is 1.88. The molecule has 0 aliphatic rings. The van der Waals surface area contributed by atoms with E-state index in [0.29, 0.717) is 27.6 Å². The molecule has 0 aliphatic carbocycles. The Morgan fingerprint density at radius 1 is 0.905 bits per heavy atom. The van der Waals surface area contributed by atoms with Crippen LogP contribution in [0.4, 0.5) is 0 Å². The molecule has 0 saturated heterocycles. The maximum atomic E-state index is 6.02. The summed E-state index contributed by atoms with van der Waals surface area (Å²) in [7, 11) is 0. The molecule has 2 aromatic heterocycles. The summed E-state index contributed by atoms with van der Waals surface area (Å²) >= 11 is 17.7. The number of rotatable bonds is 3. The summed E-state index contributed by atoms with van der Waals surface area (Å²) in [5.41, 5.74) is 0.917. The van der Waals surface area contributed by atoms with Crippen LogP contribution in [0.15, 0.2) is 42.9 Å². The lowest BCUT2D eigenvalue weighted by Gasteiger charge is -2.07. The highest BCUT2D eigenvalue weighted by molar-refractivity contribution is 6.31. The molecule has 21 heavy (non-hydrogen) atoms. The molecule has 3 rings (SSSR count). The van der Waals surface area contributed by atoms with Gasteiger partial charge in [0.25, 0.3) is 0 Å². The highest BCUT2D eigenvalue weighted by atomic mass is 35.5. The summed E-state index contributed by atoms with van der Waals surface area (Å²) in [6, 6.07) is 7.39. The zero-order chi connectivity index (χ0) is 14.8. The second-order valence-electron chi connectivity index (χ2n) is 4.34. The summed E-state index contributed by atoms with van der Waals surface area (Å²) in [6.45, 7) is 0.453. The largest absolute Gasteiger partial charge is 0.322 e. The number of hydrogen-bond acceptors (Lipinski definition) is 3. The van der Waals surface area contributed by atoms with E-state index < -0.39 is 0 Å². The van der Waals surface area contributed by atoms with Gasteiger partial charge < -0.3 is 4.57 Å². The van der Waals surface area contributed by atoms with Gasteiger partial charge in [0, 0.05) is 29.2 Å². The van der Waals surface area contributed by atoms with Gasteiger partial charge in [-0.1, -0.05) is 34.8 Å². The van der Waals surface area contributed by atoms with E-state index >= 15 is 0 Å². The highest BCUT2D eigenvalue weighted by Crippen LogP contribution is 2.23. The fraction of sp³-hybridized carbons (Fsp3) is 0.0714. The standard InChI is InChI=1S/C14H9Cl3N4/c15-10-3-1-9(2-4-10)14-20-12(17)7-21(14)8-13-18-5-11(16)6-19-13/h1-7H,8H2. The van der Waals surface area contributed by atoms with Crippen LogP contribution in [-0.2, 0) is 6.54 Å². The van der Waals surface area contributed by atoms with Gasteiger partial charge in [0.15, 0.2) is 0 Å². The SMILES string of the molecule is Clc1ccc(-c2nc(Cl)cn2Cc2ncc(Cl)cn2)cc1. The molecular formula is C14H9Cl3N4. The minimum absolute atomic E-state index is 0.411. The van der Waals surface area contributed by atoms with E-state index in [4.69, 9.17) is 34.8 Å². The molecule has 0 N–H and O–H groups in total. The Morgan fingerprint density at radius 3 is 2.24 bits per heavy atom. The van der Waals surface area contributed by atoms with Gasteiger partial charge in [0.05, 0.1) is 11.6 Å². The smallest absolute Gasteiger partial charge is 0.148 e. The van der Waals surface area contributed by atoms with Crippen molar-refractivity contribution in [3.05, 3.63) is 63.9 Å². The Bertz CT molecular complexity index is 751. The predicted molar refractivity (Wildman–Crippen MR) is 83.8 cm³/mol. The van der Waals surface area contributed by atoms with E-state index in [1.165, 1.54) is 0 Å². The van der Waals surface area contributed by atoms with E-state index in [2.05, 4.69) is 15.0 Å². The molecule has 0 spiro atoms. The molecule has 106 valence electrons. The number of benzene rings is 1. The van der Waals surface area contributed by atoms with Crippen LogP contribution in [0, 0.1) is 0 Å². The van der Waals surface area contributed by atoms with Crippen molar-refractivity contribution < 1.29 is 0 Å². The van der Waals surface area contributed by atoms with Crippen LogP contribution in [0.2, 0.25) is 15.2 Å². The topological polar surface area (TPSA) is 43.6 Å². The Balaban J connectivity index is 1.95. The quantitative estimate of drug-likeness (QED) is 0.712. The first-order valence-electron chi connectivity index (χ1n) is 6.07. The van der Waals surface area contributed by atoms with Crippen molar-refractivity contribution in [3.8, 4) is 11.4 Å². The fourth-order valence-corrected chi connectivity index (χ4v) is 2.33. The number of nitrogens with zero attached hydrogens (tertiary/aromatic N) is 4. The summed E-state index contributed by atoms with van der Waals surface area (Å²) in [6.07, 6.45) is 4.86. The number of hydrogen-bond donors (Lipinski definition) is 0. The lowest BCUT2D eigenvalue weighted by Crippen LogP contribution is -2.04. The van der Waals surface area contributed by atoms with Gasteiger partial charge in [-0.15, -0.1) is 0 Å². The molecule has 3 aromatic rings. The van der Waals surface area contributed by atoms with Crippen LogP contribution in [0.25, 0.3) is 11.4 Å². The first kappa shape index (κ1) is 14.3. The molecule has 7 heteroatoms. The summed E-state index contributed by atoms with van der Waals surface area (Å²) in [5, 5.41) is 1.58. The van der Waals surface area contributed by atoms with Crippen LogP contribution < -0.4 is 0 Å². The van der Waals surface area contributed by atoms with Crippen LogP contribution >= 0.6 is 34.8 Å². The monoisotopic (exact) mass is 338 g/mol. The van der Waals surface area contributed by atoms with Crippen molar-refractivity contribution in [2.45, 2.75) is 6.54 Å². The van der Waals surface area contributed by atoms with Gasteiger partial charge in [-0.05, 0) is 24.3 Å². The molecule has 2 heterocycles. The van der Waals surface area contributed by atoms with Crippen molar-refractivity contribution in [1.82, 2.24) is 19.5 Å². The first-order chi connectivity index (χ1) is 10.1. The van der Waals surface area contributed by atoms with Crippen molar-refractivity contribution in [2.75, 3.05) is 0 Å². The Kier molecular flexibility index (Phi) is 4.10. The molecule has 1 aromatic carbocycles. The molecule has 0 radical (unpaired) electrons. The zero-order valence-electron chi connectivity index (χ0n) is 10.7. The average molecular weight is 340 g/mol. The Labute approximate surface area is 136 Å². The van der Waals surface area contributed by atoms with Crippen LogP contribution in [0.1, 0.15) is 5.82 Å². The third-order valence-electron chi connectivity index (χ3n) is 2.84. The second kappa shape index (κ2) is 6.02. The maximum absolute atomic E-state index is 6.02. The van der Waals surface area contributed by atoms with Gasteiger partial charge >= 0.3 is 0 Å². The van der Waals surface area contributed by atoms with Crippen molar-refractivity contribution in [3.63, 3.8) is 0 Å². The number of aromatic nitrogens is 4. The fourth-order valence-electron chi connectivity index (χ4n) is 1.91. The van der Waals surface area contributed by atoms with Gasteiger partial charge in [-0.2, -0.15) is 0 Å². The molecule has 0 atom stereocenters. The Morgan fingerprint density at radius 2 is 1.57 bits per heavy atom. The lowest BCUT2D eigenvalue weighted by atomic mass is 10.2. The van der Waals surface area contributed by atoms with Gasteiger partial charge in [0.1, 0.15) is 16.8 Å². The molecule has 0 fully saturated rings. The van der Waals surface area contributed by atoms with Crippen molar-refractivity contribution in [2.24, 2.45) is 0 Å². The van der Waals surface area contributed by atoms with Gasteiger partial charge in [-0.25, -0.2) is 15.0 Å². The van der Waals surface area contributed by atoms with E-state index in [1.54, 1.807) is 18.6 Å². The van der Waals surface area contributed by atoms with Gasteiger partial charge in [0.2, 0.25) is 0 Å². The Hall–Kier alpha value is -1.62. The lowest BCUT2D eigenvalue weighted by molar-refractivity contribution is 0.750. The second-order valence-corrected chi connectivity index (χ2v) is 5.60. The molecule has 0 aliphatic heterocycles.